The number of ether oxygens (including phenoxy) is 2. The first-order valence-electron chi connectivity index (χ1n) is 6.16. The molecule has 1 N–H and O–H groups in total. The summed E-state index contributed by atoms with van der Waals surface area (Å²) in [7, 11) is 2.02. The third kappa shape index (κ3) is 2.71. The van der Waals surface area contributed by atoms with Crippen LogP contribution in [0.1, 0.15) is 5.56 Å². The van der Waals surface area contributed by atoms with Crippen LogP contribution in [0, 0.1) is 0 Å². The van der Waals surface area contributed by atoms with Gasteiger partial charge in [0.15, 0.2) is 11.5 Å². The van der Waals surface area contributed by atoms with Gasteiger partial charge in [-0.25, -0.2) is 0 Å². The molecule has 0 atom stereocenters. The summed E-state index contributed by atoms with van der Waals surface area (Å²) < 4.78 is 14.1. The van der Waals surface area contributed by atoms with Crippen molar-refractivity contribution in [1.29, 1.82) is 0 Å². The van der Waals surface area contributed by atoms with Crippen LogP contribution in [0.15, 0.2) is 35.1 Å². The van der Waals surface area contributed by atoms with Gasteiger partial charge in [-0.2, -0.15) is 0 Å². The van der Waals surface area contributed by atoms with E-state index in [1.54, 1.807) is 0 Å². The molecule has 2 aromatic rings. The number of rotatable bonds is 3. The molecule has 5 heteroatoms. The second-order valence-corrected chi connectivity index (χ2v) is 5.37. The average molecular weight is 323 g/mol. The zero-order chi connectivity index (χ0) is 13.2. The Kier molecular flexibility index (Phi) is 3.38. The Hall–Kier alpha value is -1.62. The molecular weight excluding hydrogens is 308 g/mol. The smallest absolute Gasteiger partial charge is 0.163 e. The van der Waals surface area contributed by atoms with Crippen molar-refractivity contribution >= 4 is 21.6 Å². The first-order chi connectivity index (χ1) is 9.22. The minimum atomic E-state index is 0.604. The monoisotopic (exact) mass is 322 g/mol. The van der Waals surface area contributed by atoms with E-state index in [1.165, 1.54) is 5.56 Å². The molecule has 3 rings (SSSR count). The van der Waals surface area contributed by atoms with E-state index in [9.17, 15) is 0 Å². The first kappa shape index (κ1) is 12.4. The molecule has 0 saturated carbocycles. The molecule has 1 aliphatic rings. The Balaban J connectivity index is 1.77. The van der Waals surface area contributed by atoms with Gasteiger partial charge < -0.3 is 19.4 Å². The Bertz CT molecular complexity index is 595. The number of anilines is 1. The topological polar surface area (TPSA) is 35.4 Å². The number of nitrogens with one attached hydrogen (secondary N) is 1. The van der Waals surface area contributed by atoms with E-state index in [2.05, 4.69) is 33.5 Å². The molecule has 0 amide bonds. The van der Waals surface area contributed by atoms with E-state index in [1.807, 2.05) is 29.9 Å². The lowest BCUT2D eigenvalue weighted by Gasteiger charge is -2.20. The van der Waals surface area contributed by atoms with Crippen LogP contribution in [0.5, 0.6) is 11.5 Å². The highest BCUT2D eigenvalue weighted by atomic mass is 79.9. The fraction of sp³-hybridized carbons (Fsp3) is 0.286. The van der Waals surface area contributed by atoms with E-state index < -0.39 is 0 Å². The fourth-order valence-corrected chi connectivity index (χ4v) is 2.52. The number of hydrogen-bond donors (Lipinski definition) is 1. The van der Waals surface area contributed by atoms with Gasteiger partial charge in [-0.05, 0) is 27.6 Å². The van der Waals surface area contributed by atoms with Crippen molar-refractivity contribution in [2.24, 2.45) is 7.05 Å². The van der Waals surface area contributed by atoms with Crippen molar-refractivity contribution in [1.82, 2.24) is 4.57 Å². The molecule has 4 nitrogen and oxygen atoms in total. The van der Waals surface area contributed by atoms with Gasteiger partial charge >= 0.3 is 0 Å². The third-order valence-electron chi connectivity index (χ3n) is 3.01. The molecule has 0 aliphatic carbocycles. The maximum Gasteiger partial charge on any atom is 0.163 e. The lowest BCUT2D eigenvalue weighted by atomic mass is 10.2. The molecule has 0 unspecified atom stereocenters. The number of benzene rings is 1. The standard InChI is InChI=1S/C14H15BrN2O2/c1-17-3-2-10(9-17)8-16-12-7-14-13(6-11(12)15)18-4-5-19-14/h2-3,6-7,9,16H,4-5,8H2,1H3. The van der Waals surface area contributed by atoms with Gasteiger partial charge in [-0.3, -0.25) is 0 Å². The molecule has 19 heavy (non-hydrogen) atoms. The molecular formula is C14H15BrN2O2. The molecule has 100 valence electrons. The first-order valence-corrected chi connectivity index (χ1v) is 6.95. The van der Waals surface area contributed by atoms with Gasteiger partial charge in [0, 0.05) is 42.6 Å². The van der Waals surface area contributed by atoms with Crippen molar-refractivity contribution in [3.8, 4) is 11.5 Å². The predicted molar refractivity (Wildman–Crippen MR) is 77.9 cm³/mol. The minimum absolute atomic E-state index is 0.604. The van der Waals surface area contributed by atoms with Crippen LogP contribution < -0.4 is 14.8 Å². The summed E-state index contributed by atoms with van der Waals surface area (Å²) in [5.74, 6) is 1.59. The van der Waals surface area contributed by atoms with Crippen LogP contribution in [-0.4, -0.2) is 17.8 Å². The summed E-state index contributed by atoms with van der Waals surface area (Å²) in [4.78, 5) is 0. The van der Waals surface area contributed by atoms with Gasteiger partial charge in [0.25, 0.3) is 0 Å². The molecule has 2 heterocycles. The van der Waals surface area contributed by atoms with Crippen molar-refractivity contribution in [3.05, 3.63) is 40.6 Å². The molecule has 0 saturated heterocycles. The van der Waals surface area contributed by atoms with Gasteiger partial charge in [-0.15, -0.1) is 0 Å². The highest BCUT2D eigenvalue weighted by Gasteiger charge is 2.14. The minimum Gasteiger partial charge on any atom is -0.486 e. The number of hydrogen-bond acceptors (Lipinski definition) is 3. The van der Waals surface area contributed by atoms with Crippen LogP contribution in [-0.2, 0) is 13.6 Å². The van der Waals surface area contributed by atoms with Gasteiger partial charge in [0.05, 0.1) is 5.69 Å². The van der Waals surface area contributed by atoms with E-state index in [0.29, 0.717) is 13.2 Å². The van der Waals surface area contributed by atoms with Gasteiger partial charge in [0.1, 0.15) is 13.2 Å². The van der Waals surface area contributed by atoms with Crippen LogP contribution >= 0.6 is 15.9 Å². The Morgan fingerprint density at radius 3 is 2.68 bits per heavy atom. The maximum absolute atomic E-state index is 5.59. The molecule has 1 aliphatic heterocycles. The second kappa shape index (κ2) is 5.17. The van der Waals surface area contributed by atoms with Gasteiger partial charge in [0.2, 0.25) is 0 Å². The number of fused-ring (bicyclic) bond motifs is 1. The number of aromatic nitrogens is 1. The van der Waals surface area contributed by atoms with Gasteiger partial charge in [-0.1, -0.05) is 0 Å². The van der Waals surface area contributed by atoms with Crippen molar-refractivity contribution in [2.45, 2.75) is 6.54 Å². The van der Waals surface area contributed by atoms with E-state index >= 15 is 0 Å². The van der Waals surface area contributed by atoms with E-state index in [-0.39, 0.29) is 0 Å². The number of aryl methyl sites for hydroxylation is 1. The summed E-state index contributed by atoms with van der Waals surface area (Å²) in [6.45, 7) is 1.99. The largest absolute Gasteiger partial charge is 0.486 e. The van der Waals surface area contributed by atoms with Crippen LogP contribution in [0.3, 0.4) is 0 Å². The number of halogens is 1. The zero-order valence-corrected chi connectivity index (χ0v) is 12.2. The van der Waals surface area contributed by atoms with Crippen molar-refractivity contribution in [2.75, 3.05) is 18.5 Å². The Morgan fingerprint density at radius 1 is 1.26 bits per heavy atom. The highest BCUT2D eigenvalue weighted by molar-refractivity contribution is 9.10. The normalized spacial score (nSPS) is 13.4. The van der Waals surface area contributed by atoms with Crippen molar-refractivity contribution in [3.63, 3.8) is 0 Å². The van der Waals surface area contributed by atoms with E-state index in [4.69, 9.17) is 9.47 Å². The fourth-order valence-electron chi connectivity index (χ4n) is 2.06. The highest BCUT2D eigenvalue weighted by Crippen LogP contribution is 2.38. The molecule has 1 aromatic heterocycles. The van der Waals surface area contributed by atoms with Crippen LogP contribution in [0.25, 0.3) is 0 Å². The number of nitrogens with zero attached hydrogens (tertiary/aromatic N) is 1. The maximum atomic E-state index is 5.59. The summed E-state index contributed by atoms with van der Waals surface area (Å²) in [5.41, 5.74) is 2.25. The SMILES string of the molecule is Cn1ccc(CNc2cc3c(cc2Br)OCCO3)c1. The molecule has 0 spiro atoms. The Labute approximate surface area is 120 Å². The molecule has 0 bridgehead atoms. The quantitative estimate of drug-likeness (QED) is 0.942. The van der Waals surface area contributed by atoms with Crippen LogP contribution in [0.2, 0.25) is 0 Å². The molecule has 0 fully saturated rings. The predicted octanol–water partition coefficient (Wildman–Crippen LogP) is 3.17. The average Bonchev–Trinajstić information content (AvgIpc) is 2.82. The van der Waals surface area contributed by atoms with Crippen LogP contribution in [0.4, 0.5) is 5.69 Å². The third-order valence-corrected chi connectivity index (χ3v) is 3.66. The Morgan fingerprint density at radius 2 is 2.00 bits per heavy atom. The lowest BCUT2D eigenvalue weighted by Crippen LogP contribution is -2.15. The molecule has 1 aromatic carbocycles. The van der Waals surface area contributed by atoms with E-state index in [0.717, 1.165) is 28.2 Å². The summed E-state index contributed by atoms with van der Waals surface area (Å²) in [6.07, 6.45) is 4.13. The summed E-state index contributed by atoms with van der Waals surface area (Å²) >= 11 is 3.55. The lowest BCUT2D eigenvalue weighted by molar-refractivity contribution is 0.171. The molecule has 0 radical (unpaired) electrons. The zero-order valence-electron chi connectivity index (χ0n) is 10.6. The second-order valence-electron chi connectivity index (χ2n) is 4.51. The summed E-state index contributed by atoms with van der Waals surface area (Å²) in [5, 5.41) is 3.40. The van der Waals surface area contributed by atoms with Crippen molar-refractivity contribution < 1.29 is 9.47 Å². The summed E-state index contributed by atoms with van der Waals surface area (Å²) in [6, 6.07) is 6.02.